The molecule has 2 fully saturated rings. The second kappa shape index (κ2) is 10.5. The molecular weight excluding hydrogens is 514 g/mol. The SMILES string of the molecule is CC1(C)S[C@@H]2[C@H](NC(=O)C(NC(=O)/C=N/NC(=O)c3ccccc3O)c3ccccc3)C(=O)N2[C@H]1C(=O)O. The quantitative estimate of drug-likeness (QED) is 0.184. The molecule has 2 aliphatic heterocycles. The van der Waals surface area contributed by atoms with E-state index < -0.39 is 57.8 Å². The zero-order valence-electron chi connectivity index (χ0n) is 20.3. The fraction of sp³-hybridized carbons (Fsp3) is 0.280. The van der Waals surface area contributed by atoms with Gasteiger partial charge < -0.3 is 25.7 Å². The summed E-state index contributed by atoms with van der Waals surface area (Å²) in [5.41, 5.74) is 2.51. The Morgan fingerprint density at radius 3 is 2.39 bits per heavy atom. The molecule has 2 heterocycles. The van der Waals surface area contributed by atoms with Gasteiger partial charge in [-0.2, -0.15) is 5.10 Å². The van der Waals surface area contributed by atoms with Crippen LogP contribution in [0.4, 0.5) is 0 Å². The molecule has 13 heteroatoms. The number of phenols is 1. The fourth-order valence-electron chi connectivity index (χ4n) is 4.38. The van der Waals surface area contributed by atoms with E-state index in [0.717, 1.165) is 6.21 Å². The largest absolute Gasteiger partial charge is 0.507 e. The number of nitrogens with one attached hydrogen (secondary N) is 3. The number of amides is 4. The number of aliphatic carboxylic acids is 1. The van der Waals surface area contributed by atoms with E-state index in [-0.39, 0.29) is 11.3 Å². The van der Waals surface area contributed by atoms with Crippen LogP contribution in [-0.2, 0) is 19.2 Å². The second-order valence-electron chi connectivity index (χ2n) is 9.15. The average Bonchev–Trinajstić information content (AvgIpc) is 3.14. The number of β-lactam (4-membered cyclic amide) rings is 1. The Morgan fingerprint density at radius 2 is 1.74 bits per heavy atom. The molecule has 4 amide bonds. The number of hydrogen-bond acceptors (Lipinski definition) is 8. The molecule has 12 nitrogen and oxygen atoms in total. The first-order valence-corrected chi connectivity index (χ1v) is 12.4. The minimum atomic E-state index is -1.21. The van der Waals surface area contributed by atoms with Crippen LogP contribution >= 0.6 is 11.8 Å². The molecule has 0 radical (unpaired) electrons. The molecule has 2 saturated heterocycles. The van der Waals surface area contributed by atoms with Gasteiger partial charge in [0.15, 0.2) is 0 Å². The maximum absolute atomic E-state index is 13.2. The van der Waals surface area contributed by atoms with Crippen molar-refractivity contribution in [1.82, 2.24) is 21.0 Å². The molecule has 2 aliphatic rings. The summed E-state index contributed by atoms with van der Waals surface area (Å²) in [6, 6.07) is 10.9. The third-order valence-corrected chi connectivity index (χ3v) is 7.72. The average molecular weight is 540 g/mol. The highest BCUT2D eigenvalue weighted by Gasteiger charge is 2.64. The summed E-state index contributed by atoms with van der Waals surface area (Å²) in [7, 11) is 0. The summed E-state index contributed by atoms with van der Waals surface area (Å²) < 4.78 is -0.754. The van der Waals surface area contributed by atoms with Gasteiger partial charge in [-0.1, -0.05) is 42.5 Å². The van der Waals surface area contributed by atoms with Crippen molar-refractivity contribution in [2.75, 3.05) is 0 Å². The number of carboxylic acid groups (broad SMARTS) is 1. The Bertz CT molecular complexity index is 1320. The number of carbonyl (C=O) groups excluding carboxylic acids is 4. The van der Waals surface area contributed by atoms with Crippen LogP contribution in [0.2, 0.25) is 0 Å². The van der Waals surface area contributed by atoms with Crippen molar-refractivity contribution >= 4 is 47.6 Å². The smallest absolute Gasteiger partial charge is 0.327 e. The number of phenolic OH excluding ortho intramolecular Hbond substituents is 1. The van der Waals surface area contributed by atoms with Gasteiger partial charge >= 0.3 is 5.97 Å². The van der Waals surface area contributed by atoms with Crippen LogP contribution in [0, 0.1) is 0 Å². The molecule has 5 N–H and O–H groups in total. The third kappa shape index (κ3) is 5.18. The number of para-hydroxylation sites is 1. The maximum atomic E-state index is 13.2. The van der Waals surface area contributed by atoms with E-state index in [0.29, 0.717) is 5.56 Å². The number of aromatic hydroxyl groups is 1. The standard InChI is InChI=1S/C25H25N5O7S/c1-25(2)19(24(36)37)30-22(35)18(23(30)38-25)28-21(34)17(13-8-4-3-5-9-13)27-16(32)12-26-29-20(33)14-10-6-7-11-15(14)31/h3-12,17-19,23,31H,1-2H3,(H,27,32)(H,28,34)(H,29,33)(H,36,37)/b26-12+/t17?,18-,19+,23-/m1/s1. The summed E-state index contributed by atoms with van der Waals surface area (Å²) in [5, 5.41) is 27.5. The molecule has 38 heavy (non-hydrogen) atoms. The van der Waals surface area contributed by atoms with Crippen LogP contribution in [0.15, 0.2) is 59.7 Å². The van der Waals surface area contributed by atoms with Crippen LogP contribution in [0.25, 0.3) is 0 Å². The van der Waals surface area contributed by atoms with Gasteiger partial charge in [-0.25, -0.2) is 10.2 Å². The van der Waals surface area contributed by atoms with Crippen LogP contribution in [0.3, 0.4) is 0 Å². The number of carboxylic acids is 1. The Balaban J connectivity index is 1.43. The molecule has 0 spiro atoms. The van der Waals surface area contributed by atoms with Crippen LogP contribution in [-0.4, -0.2) is 73.1 Å². The summed E-state index contributed by atoms with van der Waals surface area (Å²) >= 11 is 1.29. The summed E-state index contributed by atoms with van der Waals surface area (Å²) in [4.78, 5) is 63.7. The predicted octanol–water partition coefficient (Wildman–Crippen LogP) is 0.597. The van der Waals surface area contributed by atoms with E-state index in [1.807, 2.05) is 0 Å². The highest BCUT2D eigenvalue weighted by molar-refractivity contribution is 8.01. The number of hydrazone groups is 1. The zero-order chi connectivity index (χ0) is 27.6. The Labute approximate surface area is 221 Å². The first-order valence-electron chi connectivity index (χ1n) is 11.5. The molecule has 0 bridgehead atoms. The molecule has 4 atom stereocenters. The lowest BCUT2D eigenvalue weighted by Crippen LogP contribution is -2.71. The van der Waals surface area contributed by atoms with Crippen LogP contribution < -0.4 is 16.1 Å². The summed E-state index contributed by atoms with van der Waals surface area (Å²) in [5.74, 6) is -4.11. The van der Waals surface area contributed by atoms with Crippen molar-refractivity contribution in [1.29, 1.82) is 0 Å². The Morgan fingerprint density at radius 1 is 1.08 bits per heavy atom. The number of fused-ring (bicyclic) bond motifs is 1. The number of rotatable bonds is 8. The normalized spacial score (nSPS) is 22.2. The first kappa shape index (κ1) is 26.7. The van der Waals surface area contributed by atoms with Gasteiger partial charge in [0.05, 0.1) is 5.56 Å². The Kier molecular flexibility index (Phi) is 7.39. The van der Waals surface area contributed by atoms with Crippen LogP contribution in [0.1, 0.15) is 35.8 Å². The summed E-state index contributed by atoms with van der Waals surface area (Å²) in [6.45, 7) is 3.45. The fourth-order valence-corrected chi connectivity index (χ4v) is 6.01. The number of benzene rings is 2. The van der Waals surface area contributed by atoms with E-state index in [9.17, 15) is 34.2 Å². The minimum Gasteiger partial charge on any atom is -0.507 e. The molecule has 0 aromatic heterocycles. The van der Waals surface area contributed by atoms with Gasteiger partial charge in [-0.15, -0.1) is 11.8 Å². The van der Waals surface area contributed by atoms with E-state index >= 15 is 0 Å². The highest BCUT2D eigenvalue weighted by atomic mass is 32.2. The molecular formula is C25H25N5O7S. The lowest BCUT2D eigenvalue weighted by Gasteiger charge is -2.44. The zero-order valence-corrected chi connectivity index (χ0v) is 21.1. The Hall–Kier alpha value is -4.39. The van der Waals surface area contributed by atoms with Gasteiger partial charge in [0, 0.05) is 4.75 Å². The van der Waals surface area contributed by atoms with Crippen molar-refractivity contribution in [3.63, 3.8) is 0 Å². The van der Waals surface area contributed by atoms with Crippen molar-refractivity contribution in [2.45, 2.75) is 42.1 Å². The van der Waals surface area contributed by atoms with Gasteiger partial charge in [0.1, 0.15) is 35.5 Å². The van der Waals surface area contributed by atoms with Gasteiger partial charge in [-0.05, 0) is 31.5 Å². The molecule has 2 aromatic carbocycles. The molecule has 1 unspecified atom stereocenters. The van der Waals surface area contributed by atoms with Gasteiger partial charge in [0.2, 0.25) is 11.8 Å². The van der Waals surface area contributed by atoms with Gasteiger partial charge in [0.25, 0.3) is 11.8 Å². The molecule has 2 aromatic rings. The van der Waals surface area contributed by atoms with E-state index in [1.165, 1.54) is 28.8 Å². The van der Waals surface area contributed by atoms with Crippen molar-refractivity contribution in [2.24, 2.45) is 5.10 Å². The predicted molar refractivity (Wildman–Crippen MR) is 137 cm³/mol. The van der Waals surface area contributed by atoms with E-state index in [1.54, 1.807) is 56.3 Å². The number of thioether (sulfide) groups is 1. The highest BCUT2D eigenvalue weighted by Crippen LogP contribution is 2.50. The minimum absolute atomic E-state index is 0.0381. The maximum Gasteiger partial charge on any atom is 0.327 e. The molecule has 4 rings (SSSR count). The van der Waals surface area contributed by atoms with Crippen LogP contribution in [0.5, 0.6) is 5.75 Å². The van der Waals surface area contributed by atoms with Gasteiger partial charge in [-0.3, -0.25) is 19.2 Å². The molecule has 198 valence electrons. The number of hydrogen-bond donors (Lipinski definition) is 5. The van der Waals surface area contributed by atoms with E-state index in [2.05, 4.69) is 21.2 Å². The topological polar surface area (TPSA) is 178 Å². The number of nitrogens with zero attached hydrogens (tertiary/aromatic N) is 2. The van der Waals surface area contributed by atoms with Crippen molar-refractivity contribution in [3.8, 4) is 5.75 Å². The third-order valence-electron chi connectivity index (χ3n) is 6.15. The second-order valence-corrected chi connectivity index (χ2v) is 10.9. The monoisotopic (exact) mass is 539 g/mol. The van der Waals surface area contributed by atoms with E-state index in [4.69, 9.17) is 0 Å². The van der Waals surface area contributed by atoms with Crippen molar-refractivity contribution < 1.29 is 34.2 Å². The summed E-state index contributed by atoms with van der Waals surface area (Å²) in [6.07, 6.45) is 0.768. The molecule has 0 saturated carbocycles. The molecule has 0 aliphatic carbocycles. The number of carbonyl (C=O) groups is 5. The van der Waals surface area contributed by atoms with Crippen molar-refractivity contribution in [3.05, 3.63) is 65.7 Å². The lowest BCUT2D eigenvalue weighted by atomic mass is 9.95. The first-order chi connectivity index (χ1) is 18.0. The lowest BCUT2D eigenvalue weighted by molar-refractivity contribution is -0.161.